The molecule has 3 aromatic rings. The Bertz CT molecular complexity index is 923. The van der Waals surface area contributed by atoms with Gasteiger partial charge < -0.3 is 20.2 Å². The van der Waals surface area contributed by atoms with E-state index in [1.54, 1.807) is 12.3 Å². The monoisotopic (exact) mass is 326 g/mol. The number of nitrogens with zero attached hydrogens (tertiary/aromatic N) is 2. The third-order valence-electron chi connectivity index (χ3n) is 3.78. The Hall–Kier alpha value is -3.09. The van der Waals surface area contributed by atoms with Crippen molar-refractivity contribution >= 4 is 5.95 Å². The number of benzene rings is 1. The molecule has 0 amide bonds. The number of halogens is 1. The number of aromatic nitrogens is 3. The van der Waals surface area contributed by atoms with E-state index in [2.05, 4.69) is 15.0 Å². The van der Waals surface area contributed by atoms with Crippen LogP contribution in [0.4, 0.5) is 10.3 Å². The number of hydrogen-bond donors (Lipinski definition) is 2. The minimum atomic E-state index is -0.486. The molecule has 0 aliphatic carbocycles. The summed E-state index contributed by atoms with van der Waals surface area (Å²) in [5.74, 6) is 0.273. The van der Waals surface area contributed by atoms with Gasteiger partial charge in [0, 0.05) is 23.0 Å². The lowest BCUT2D eigenvalue weighted by atomic mass is 10.0. The number of fused-ring (bicyclic) bond motifs is 1. The molecular weight excluding hydrogens is 311 g/mol. The maximum absolute atomic E-state index is 14.3. The van der Waals surface area contributed by atoms with Crippen molar-refractivity contribution in [3.8, 4) is 34.0 Å². The van der Waals surface area contributed by atoms with E-state index in [0.29, 0.717) is 35.9 Å². The van der Waals surface area contributed by atoms with Crippen LogP contribution in [0.25, 0.3) is 22.5 Å². The van der Waals surface area contributed by atoms with E-state index in [1.807, 2.05) is 19.1 Å². The van der Waals surface area contributed by atoms with Gasteiger partial charge >= 0.3 is 0 Å². The molecule has 4 rings (SSSR count). The Morgan fingerprint density at radius 3 is 2.83 bits per heavy atom. The van der Waals surface area contributed by atoms with Crippen molar-refractivity contribution in [3.05, 3.63) is 42.0 Å². The molecule has 0 bridgehead atoms. The maximum atomic E-state index is 14.3. The summed E-state index contributed by atoms with van der Waals surface area (Å²) in [6.07, 6.45) is 1.70. The van der Waals surface area contributed by atoms with Gasteiger partial charge in [-0.25, -0.2) is 9.37 Å². The smallest absolute Gasteiger partial charge is 0.198 e. The first kappa shape index (κ1) is 14.5. The minimum Gasteiger partial charge on any atom is -0.486 e. The van der Waals surface area contributed by atoms with E-state index in [1.165, 1.54) is 6.07 Å². The zero-order valence-electron chi connectivity index (χ0n) is 13.0. The molecule has 6 nitrogen and oxygen atoms in total. The Labute approximate surface area is 137 Å². The number of nitrogens with two attached hydrogens (primary N) is 1. The number of H-pyrrole nitrogens is 1. The highest BCUT2D eigenvalue weighted by Gasteiger charge is 2.21. The van der Waals surface area contributed by atoms with Crippen molar-refractivity contribution in [2.24, 2.45) is 0 Å². The molecular formula is C17H15FN4O2. The first-order valence-electron chi connectivity index (χ1n) is 7.50. The zero-order chi connectivity index (χ0) is 16.7. The van der Waals surface area contributed by atoms with Gasteiger partial charge in [-0.15, -0.1) is 0 Å². The number of nitrogen functional groups attached to an aromatic ring is 1. The first-order chi connectivity index (χ1) is 11.6. The average molecular weight is 326 g/mol. The number of ether oxygens (including phenoxy) is 2. The molecule has 0 saturated carbocycles. The summed E-state index contributed by atoms with van der Waals surface area (Å²) in [7, 11) is 0. The summed E-state index contributed by atoms with van der Waals surface area (Å²) >= 11 is 0. The molecule has 122 valence electrons. The molecule has 1 aliphatic rings. The van der Waals surface area contributed by atoms with Crippen molar-refractivity contribution in [2.45, 2.75) is 6.92 Å². The van der Waals surface area contributed by atoms with Gasteiger partial charge in [0.05, 0.1) is 11.4 Å². The van der Waals surface area contributed by atoms with Crippen molar-refractivity contribution in [1.29, 1.82) is 0 Å². The van der Waals surface area contributed by atoms with Gasteiger partial charge in [-0.2, -0.15) is 0 Å². The fourth-order valence-corrected chi connectivity index (χ4v) is 2.76. The van der Waals surface area contributed by atoms with E-state index < -0.39 is 5.82 Å². The lowest BCUT2D eigenvalue weighted by Gasteiger charge is -2.19. The largest absolute Gasteiger partial charge is 0.486 e. The lowest BCUT2D eigenvalue weighted by molar-refractivity contribution is 0.164. The van der Waals surface area contributed by atoms with Gasteiger partial charge in [0.1, 0.15) is 13.2 Å². The van der Waals surface area contributed by atoms with Crippen molar-refractivity contribution in [1.82, 2.24) is 15.0 Å². The summed E-state index contributed by atoms with van der Waals surface area (Å²) < 4.78 is 25.2. The van der Waals surface area contributed by atoms with Gasteiger partial charge in [-0.1, -0.05) is 0 Å². The molecule has 0 atom stereocenters. The summed E-state index contributed by atoms with van der Waals surface area (Å²) in [6.45, 7) is 2.61. The van der Waals surface area contributed by atoms with Crippen molar-refractivity contribution in [3.63, 3.8) is 0 Å². The molecule has 7 heteroatoms. The molecule has 3 N–H and O–H groups in total. The van der Waals surface area contributed by atoms with Crippen molar-refractivity contribution in [2.75, 3.05) is 18.9 Å². The molecule has 1 aliphatic heterocycles. The lowest BCUT2D eigenvalue weighted by Crippen LogP contribution is -2.16. The molecule has 0 saturated heterocycles. The number of aromatic amines is 1. The third kappa shape index (κ3) is 2.44. The van der Waals surface area contributed by atoms with Crippen LogP contribution in [0.2, 0.25) is 0 Å². The molecule has 24 heavy (non-hydrogen) atoms. The van der Waals surface area contributed by atoms with E-state index in [-0.39, 0.29) is 11.7 Å². The van der Waals surface area contributed by atoms with E-state index in [9.17, 15) is 4.39 Å². The number of rotatable bonds is 2. The second kappa shape index (κ2) is 5.52. The third-order valence-corrected chi connectivity index (χ3v) is 3.78. The van der Waals surface area contributed by atoms with Gasteiger partial charge in [-0.05, 0) is 31.2 Å². The van der Waals surface area contributed by atoms with Crippen LogP contribution >= 0.6 is 0 Å². The minimum absolute atomic E-state index is 0.134. The predicted molar refractivity (Wildman–Crippen MR) is 87.4 cm³/mol. The second-order valence-corrected chi connectivity index (χ2v) is 5.51. The number of hydrogen-bond acceptors (Lipinski definition) is 5. The fourth-order valence-electron chi connectivity index (χ4n) is 2.76. The maximum Gasteiger partial charge on any atom is 0.198 e. The zero-order valence-corrected chi connectivity index (χ0v) is 13.0. The summed E-state index contributed by atoms with van der Waals surface area (Å²) in [5.41, 5.74) is 9.39. The van der Waals surface area contributed by atoms with Crippen LogP contribution in [0.15, 0.2) is 30.5 Å². The van der Waals surface area contributed by atoms with Crippen LogP contribution in [0, 0.1) is 12.7 Å². The molecule has 2 aromatic heterocycles. The van der Waals surface area contributed by atoms with E-state index >= 15 is 0 Å². The van der Waals surface area contributed by atoms with Gasteiger partial charge in [0.15, 0.2) is 23.3 Å². The fraction of sp³-hybridized carbons (Fsp3) is 0.176. The van der Waals surface area contributed by atoms with Gasteiger partial charge in [0.25, 0.3) is 0 Å². The molecule has 0 unspecified atom stereocenters. The second-order valence-electron chi connectivity index (χ2n) is 5.51. The number of pyridine rings is 1. The van der Waals surface area contributed by atoms with Gasteiger partial charge in [-0.3, -0.25) is 4.98 Å². The summed E-state index contributed by atoms with van der Waals surface area (Å²) in [5, 5.41) is 0. The van der Waals surface area contributed by atoms with Gasteiger partial charge in [0.2, 0.25) is 0 Å². The standard InChI is InChI=1S/C17H15FN4O2/c1-9-6-10(2-3-20-9)14-15(22-17(19)21-14)11-7-12(18)16-13(8-11)23-4-5-24-16/h2-3,6-8H,4-5H2,1H3,(H3,19,21,22). The number of nitrogens with one attached hydrogen (secondary N) is 1. The quantitative estimate of drug-likeness (QED) is 0.756. The van der Waals surface area contributed by atoms with Crippen LogP contribution < -0.4 is 15.2 Å². The molecule has 3 heterocycles. The van der Waals surface area contributed by atoms with Crippen LogP contribution in [-0.2, 0) is 0 Å². The van der Waals surface area contributed by atoms with Crippen molar-refractivity contribution < 1.29 is 13.9 Å². The van der Waals surface area contributed by atoms with E-state index in [0.717, 1.165) is 11.3 Å². The molecule has 0 spiro atoms. The van der Waals surface area contributed by atoms with Crippen LogP contribution in [0.5, 0.6) is 11.5 Å². The topological polar surface area (TPSA) is 86.1 Å². The summed E-state index contributed by atoms with van der Waals surface area (Å²) in [4.78, 5) is 11.5. The highest BCUT2D eigenvalue weighted by atomic mass is 19.1. The molecule has 1 aromatic carbocycles. The highest BCUT2D eigenvalue weighted by Crippen LogP contribution is 2.39. The van der Waals surface area contributed by atoms with Crippen LogP contribution in [-0.4, -0.2) is 28.2 Å². The average Bonchev–Trinajstić information content (AvgIpc) is 2.97. The SMILES string of the molecule is Cc1cc(-c2[nH]c(N)nc2-c2cc(F)c3c(c2)OCCO3)ccn1. The van der Waals surface area contributed by atoms with Crippen LogP contribution in [0.3, 0.4) is 0 Å². The Morgan fingerprint density at radius 1 is 1.17 bits per heavy atom. The summed E-state index contributed by atoms with van der Waals surface area (Å²) in [6, 6.07) is 6.84. The Morgan fingerprint density at radius 2 is 2.00 bits per heavy atom. The van der Waals surface area contributed by atoms with Crippen LogP contribution in [0.1, 0.15) is 5.69 Å². The number of aryl methyl sites for hydroxylation is 1. The predicted octanol–water partition coefficient (Wildman–Crippen LogP) is 2.94. The first-order valence-corrected chi connectivity index (χ1v) is 7.50. The number of imidazole rings is 1. The molecule has 0 fully saturated rings. The molecule has 0 radical (unpaired) electrons. The van der Waals surface area contributed by atoms with E-state index in [4.69, 9.17) is 15.2 Å². The Kier molecular flexibility index (Phi) is 3.34. The highest BCUT2D eigenvalue weighted by molar-refractivity contribution is 5.81. The Balaban J connectivity index is 1.87. The number of anilines is 1. The normalized spacial score (nSPS) is 13.1.